The first-order valence-corrected chi connectivity index (χ1v) is 4.90. The van der Waals surface area contributed by atoms with E-state index in [4.69, 9.17) is 5.26 Å². The summed E-state index contributed by atoms with van der Waals surface area (Å²) in [7, 11) is 0. The summed E-state index contributed by atoms with van der Waals surface area (Å²) in [5.41, 5.74) is 2.26. The summed E-state index contributed by atoms with van der Waals surface area (Å²) < 4.78 is 1.04. The van der Waals surface area contributed by atoms with Crippen LogP contribution in [0.2, 0.25) is 0 Å². The van der Waals surface area contributed by atoms with Gasteiger partial charge in [0, 0.05) is 16.7 Å². The van der Waals surface area contributed by atoms with Gasteiger partial charge in [-0.25, -0.2) is 0 Å². The van der Waals surface area contributed by atoms with Crippen molar-refractivity contribution in [3.63, 3.8) is 0 Å². The Morgan fingerprint density at radius 2 is 2.31 bits per heavy atom. The van der Waals surface area contributed by atoms with Gasteiger partial charge in [0.2, 0.25) is 0 Å². The maximum Gasteiger partial charge on any atom is 0.0640 e. The van der Waals surface area contributed by atoms with Crippen LogP contribution in [0.1, 0.15) is 12.0 Å². The van der Waals surface area contributed by atoms with Crippen molar-refractivity contribution in [2.45, 2.75) is 13.3 Å². The van der Waals surface area contributed by atoms with Gasteiger partial charge in [0.1, 0.15) is 0 Å². The molecule has 0 saturated heterocycles. The van der Waals surface area contributed by atoms with E-state index < -0.39 is 0 Å². The van der Waals surface area contributed by atoms with Gasteiger partial charge in [0.05, 0.1) is 12.5 Å². The monoisotopic (exact) mass is 238 g/mol. The zero-order valence-corrected chi connectivity index (χ0v) is 9.06. The summed E-state index contributed by atoms with van der Waals surface area (Å²) in [6, 6.07) is 8.20. The standard InChI is InChI=1S/C10H11BrN2/c1-8-3-4-9(11)10(7-8)13-6-2-5-12/h3-4,7,13H,2,6H2,1H3. The average molecular weight is 239 g/mol. The molecule has 0 amide bonds. The highest BCUT2D eigenvalue weighted by molar-refractivity contribution is 9.10. The summed E-state index contributed by atoms with van der Waals surface area (Å²) in [6.45, 7) is 2.74. The number of rotatable bonds is 3. The molecule has 0 aromatic heterocycles. The molecule has 0 radical (unpaired) electrons. The molecule has 0 spiro atoms. The topological polar surface area (TPSA) is 35.8 Å². The average Bonchev–Trinajstić information content (AvgIpc) is 2.11. The van der Waals surface area contributed by atoms with Gasteiger partial charge in [0.15, 0.2) is 0 Å². The molecule has 0 aliphatic carbocycles. The Hall–Kier alpha value is -1.01. The van der Waals surface area contributed by atoms with E-state index in [-0.39, 0.29) is 0 Å². The maximum atomic E-state index is 8.37. The zero-order valence-electron chi connectivity index (χ0n) is 7.47. The number of anilines is 1. The van der Waals surface area contributed by atoms with E-state index in [0.717, 1.165) is 10.2 Å². The SMILES string of the molecule is Cc1ccc(Br)c(NCCC#N)c1. The Bertz CT molecular complexity index is 328. The van der Waals surface area contributed by atoms with Gasteiger partial charge < -0.3 is 5.32 Å². The number of hydrogen-bond donors (Lipinski definition) is 1. The van der Waals surface area contributed by atoms with Crippen LogP contribution in [0.25, 0.3) is 0 Å². The molecular weight excluding hydrogens is 228 g/mol. The third-order valence-corrected chi connectivity index (χ3v) is 2.37. The predicted octanol–water partition coefficient (Wildman–Crippen LogP) is 3.08. The highest BCUT2D eigenvalue weighted by atomic mass is 79.9. The number of hydrogen-bond acceptors (Lipinski definition) is 2. The van der Waals surface area contributed by atoms with Crippen molar-refractivity contribution in [1.82, 2.24) is 0 Å². The largest absolute Gasteiger partial charge is 0.383 e. The Labute approximate surface area is 86.7 Å². The lowest BCUT2D eigenvalue weighted by atomic mass is 10.2. The van der Waals surface area contributed by atoms with Crippen molar-refractivity contribution in [2.75, 3.05) is 11.9 Å². The lowest BCUT2D eigenvalue weighted by molar-refractivity contribution is 1.07. The lowest BCUT2D eigenvalue weighted by Gasteiger charge is -2.07. The van der Waals surface area contributed by atoms with Crippen molar-refractivity contribution in [2.24, 2.45) is 0 Å². The molecular formula is C10H11BrN2. The normalized spacial score (nSPS) is 9.31. The fraction of sp³-hybridized carbons (Fsp3) is 0.300. The second-order valence-corrected chi connectivity index (χ2v) is 3.67. The molecule has 1 N–H and O–H groups in total. The lowest BCUT2D eigenvalue weighted by Crippen LogP contribution is -2.00. The maximum absolute atomic E-state index is 8.37. The molecule has 13 heavy (non-hydrogen) atoms. The second kappa shape index (κ2) is 4.88. The number of benzene rings is 1. The van der Waals surface area contributed by atoms with Crippen LogP contribution >= 0.6 is 15.9 Å². The van der Waals surface area contributed by atoms with Gasteiger partial charge in [-0.15, -0.1) is 0 Å². The minimum absolute atomic E-state index is 0.528. The van der Waals surface area contributed by atoms with E-state index in [9.17, 15) is 0 Å². The van der Waals surface area contributed by atoms with Crippen molar-refractivity contribution in [3.8, 4) is 6.07 Å². The first-order chi connectivity index (χ1) is 6.24. The Kier molecular flexibility index (Phi) is 3.78. The van der Waals surface area contributed by atoms with Crippen LogP contribution in [0.4, 0.5) is 5.69 Å². The highest BCUT2D eigenvalue weighted by Crippen LogP contribution is 2.22. The number of nitrogens with one attached hydrogen (secondary N) is 1. The smallest absolute Gasteiger partial charge is 0.0640 e. The molecule has 1 aromatic rings. The molecule has 0 atom stereocenters. The summed E-state index contributed by atoms with van der Waals surface area (Å²) in [4.78, 5) is 0. The first kappa shape index (κ1) is 10.1. The Balaban J connectivity index is 2.65. The van der Waals surface area contributed by atoms with Gasteiger partial charge in [-0.2, -0.15) is 5.26 Å². The minimum Gasteiger partial charge on any atom is -0.383 e. The Morgan fingerprint density at radius 3 is 3.00 bits per heavy atom. The van der Waals surface area contributed by atoms with Gasteiger partial charge in [-0.1, -0.05) is 6.07 Å². The molecule has 1 aromatic carbocycles. The minimum atomic E-state index is 0.528. The summed E-state index contributed by atoms with van der Waals surface area (Å²) in [6.07, 6.45) is 0.528. The van der Waals surface area contributed by atoms with Crippen LogP contribution in [0.15, 0.2) is 22.7 Å². The predicted molar refractivity (Wildman–Crippen MR) is 57.6 cm³/mol. The van der Waals surface area contributed by atoms with Gasteiger partial charge >= 0.3 is 0 Å². The van der Waals surface area contributed by atoms with Crippen molar-refractivity contribution >= 4 is 21.6 Å². The van der Waals surface area contributed by atoms with Crippen LogP contribution in [-0.4, -0.2) is 6.54 Å². The quantitative estimate of drug-likeness (QED) is 0.822. The van der Waals surface area contributed by atoms with Crippen LogP contribution in [-0.2, 0) is 0 Å². The highest BCUT2D eigenvalue weighted by Gasteiger charge is 1.97. The summed E-state index contributed by atoms with van der Waals surface area (Å²) >= 11 is 3.44. The fourth-order valence-electron chi connectivity index (χ4n) is 1.03. The van der Waals surface area contributed by atoms with Crippen LogP contribution < -0.4 is 5.32 Å². The molecule has 0 fully saturated rings. The number of aryl methyl sites for hydroxylation is 1. The number of nitrogens with zero attached hydrogens (tertiary/aromatic N) is 1. The number of nitriles is 1. The van der Waals surface area contributed by atoms with E-state index in [1.807, 2.05) is 19.1 Å². The Morgan fingerprint density at radius 1 is 1.54 bits per heavy atom. The molecule has 0 aliphatic rings. The molecule has 68 valence electrons. The van der Waals surface area contributed by atoms with Gasteiger partial charge in [-0.05, 0) is 40.5 Å². The molecule has 1 rings (SSSR count). The molecule has 0 aliphatic heterocycles. The summed E-state index contributed by atoms with van der Waals surface area (Å²) in [5.74, 6) is 0. The van der Waals surface area contributed by atoms with Crippen LogP contribution in [0, 0.1) is 18.3 Å². The molecule has 0 unspecified atom stereocenters. The molecule has 0 saturated carbocycles. The fourth-order valence-corrected chi connectivity index (χ4v) is 1.41. The third kappa shape index (κ3) is 3.08. The van der Waals surface area contributed by atoms with Crippen molar-refractivity contribution in [1.29, 1.82) is 5.26 Å². The first-order valence-electron chi connectivity index (χ1n) is 4.11. The van der Waals surface area contributed by atoms with Crippen LogP contribution in [0.3, 0.4) is 0 Å². The second-order valence-electron chi connectivity index (χ2n) is 2.82. The molecule has 2 nitrogen and oxygen atoms in total. The molecule has 3 heteroatoms. The van der Waals surface area contributed by atoms with E-state index in [2.05, 4.69) is 33.4 Å². The zero-order chi connectivity index (χ0) is 9.68. The van der Waals surface area contributed by atoms with Gasteiger partial charge in [0.25, 0.3) is 0 Å². The number of halogens is 1. The van der Waals surface area contributed by atoms with Crippen molar-refractivity contribution in [3.05, 3.63) is 28.2 Å². The van der Waals surface area contributed by atoms with E-state index >= 15 is 0 Å². The van der Waals surface area contributed by atoms with Gasteiger partial charge in [-0.3, -0.25) is 0 Å². The van der Waals surface area contributed by atoms with E-state index in [1.54, 1.807) is 0 Å². The van der Waals surface area contributed by atoms with E-state index in [1.165, 1.54) is 5.56 Å². The molecule has 0 heterocycles. The summed E-state index contributed by atoms with van der Waals surface area (Å²) in [5, 5.41) is 11.6. The van der Waals surface area contributed by atoms with Crippen molar-refractivity contribution < 1.29 is 0 Å². The third-order valence-electron chi connectivity index (χ3n) is 1.67. The van der Waals surface area contributed by atoms with Crippen LogP contribution in [0.5, 0.6) is 0 Å². The van der Waals surface area contributed by atoms with E-state index in [0.29, 0.717) is 13.0 Å². The molecule has 0 bridgehead atoms.